The largest absolute Gasteiger partial charge is 0.279 e. The fourth-order valence-corrected chi connectivity index (χ4v) is 3.83. The number of hydrogen-bond donors (Lipinski definition) is 1. The van der Waals surface area contributed by atoms with Crippen molar-refractivity contribution in [2.75, 3.05) is 19.6 Å². The maximum atomic E-state index is 13.4. The summed E-state index contributed by atoms with van der Waals surface area (Å²) in [5.74, 6) is 0.102. The summed E-state index contributed by atoms with van der Waals surface area (Å²) in [5.41, 5.74) is 0.530. The molecule has 1 aromatic carbocycles. The van der Waals surface area contributed by atoms with Gasteiger partial charge in [-0.15, -0.1) is 0 Å². The highest BCUT2D eigenvalue weighted by molar-refractivity contribution is 7.87. The van der Waals surface area contributed by atoms with Crippen LogP contribution in [0.2, 0.25) is 0 Å². The molecule has 1 aromatic rings. The van der Waals surface area contributed by atoms with Crippen LogP contribution in [-0.2, 0) is 16.6 Å². The fraction of sp³-hybridized carbons (Fsp3) is 0.571. The molecule has 1 aliphatic rings. The Kier molecular flexibility index (Phi) is 5.12. The summed E-state index contributed by atoms with van der Waals surface area (Å²) in [6, 6.07) is 6.43. The summed E-state index contributed by atoms with van der Waals surface area (Å²) >= 11 is 0. The molecule has 112 valence electrons. The number of rotatable bonds is 5. The molecule has 0 spiro atoms. The molecule has 1 atom stereocenters. The Morgan fingerprint density at radius 1 is 1.40 bits per heavy atom. The van der Waals surface area contributed by atoms with E-state index in [0.717, 1.165) is 12.8 Å². The normalized spacial score (nSPS) is 21.0. The quantitative estimate of drug-likeness (QED) is 0.903. The highest BCUT2D eigenvalue weighted by atomic mass is 32.2. The molecule has 2 rings (SSSR count). The molecule has 0 radical (unpaired) electrons. The molecule has 20 heavy (non-hydrogen) atoms. The van der Waals surface area contributed by atoms with Crippen LogP contribution in [0, 0.1) is 11.7 Å². The van der Waals surface area contributed by atoms with Gasteiger partial charge in [-0.05, 0) is 36.8 Å². The smallest absolute Gasteiger partial charge is 0.207 e. The van der Waals surface area contributed by atoms with Gasteiger partial charge in [0.25, 0.3) is 10.2 Å². The zero-order chi connectivity index (χ0) is 14.6. The molecule has 0 aromatic heterocycles. The minimum Gasteiger partial charge on any atom is -0.207 e. The monoisotopic (exact) mass is 300 g/mol. The molecule has 1 N–H and O–H groups in total. The molecule has 1 aliphatic heterocycles. The van der Waals surface area contributed by atoms with Gasteiger partial charge in [0.15, 0.2) is 0 Å². The molecule has 0 bridgehead atoms. The Morgan fingerprint density at radius 3 is 2.85 bits per heavy atom. The number of hydrogen-bond acceptors (Lipinski definition) is 2. The summed E-state index contributed by atoms with van der Waals surface area (Å²) in [7, 11) is -3.44. The molecule has 1 heterocycles. The predicted molar refractivity (Wildman–Crippen MR) is 77.0 cm³/mol. The van der Waals surface area contributed by atoms with Crippen LogP contribution in [0.5, 0.6) is 0 Å². The van der Waals surface area contributed by atoms with E-state index in [4.69, 9.17) is 0 Å². The van der Waals surface area contributed by atoms with E-state index in [1.807, 2.05) is 0 Å². The number of nitrogens with one attached hydrogen (secondary N) is 1. The molecule has 0 saturated carbocycles. The van der Waals surface area contributed by atoms with Crippen molar-refractivity contribution >= 4 is 10.2 Å². The standard InChI is InChI=1S/C14H21FN2O2S/c1-12-5-4-10-17(11-12)20(18,19)16-9-8-13-6-2-3-7-14(13)15/h2-3,6-7,12,16H,4-5,8-11H2,1H3/t12-/m0/s1. The van der Waals surface area contributed by atoms with E-state index in [1.54, 1.807) is 18.2 Å². The van der Waals surface area contributed by atoms with Gasteiger partial charge in [-0.25, -0.2) is 9.11 Å². The van der Waals surface area contributed by atoms with Gasteiger partial charge in [-0.1, -0.05) is 25.1 Å². The number of halogens is 1. The van der Waals surface area contributed by atoms with E-state index in [2.05, 4.69) is 11.6 Å². The molecule has 1 fully saturated rings. The molecular formula is C14H21FN2O2S. The molecule has 4 nitrogen and oxygen atoms in total. The van der Waals surface area contributed by atoms with Crippen LogP contribution in [0.25, 0.3) is 0 Å². The second kappa shape index (κ2) is 6.65. The van der Waals surface area contributed by atoms with Crippen LogP contribution in [0.4, 0.5) is 4.39 Å². The van der Waals surface area contributed by atoms with Crippen LogP contribution < -0.4 is 4.72 Å². The van der Waals surface area contributed by atoms with Gasteiger partial charge < -0.3 is 0 Å². The Labute approximate surface area is 120 Å². The van der Waals surface area contributed by atoms with E-state index < -0.39 is 10.2 Å². The van der Waals surface area contributed by atoms with E-state index >= 15 is 0 Å². The lowest BCUT2D eigenvalue weighted by Gasteiger charge is -2.29. The molecule has 1 saturated heterocycles. The summed E-state index contributed by atoms with van der Waals surface area (Å²) in [4.78, 5) is 0. The lowest BCUT2D eigenvalue weighted by Crippen LogP contribution is -2.46. The van der Waals surface area contributed by atoms with Gasteiger partial charge in [-0.3, -0.25) is 0 Å². The van der Waals surface area contributed by atoms with Gasteiger partial charge in [0.1, 0.15) is 5.82 Å². The second-order valence-corrected chi connectivity index (χ2v) is 7.10. The first-order valence-corrected chi connectivity index (χ1v) is 8.41. The lowest BCUT2D eigenvalue weighted by molar-refractivity contribution is 0.278. The highest BCUT2D eigenvalue weighted by Gasteiger charge is 2.26. The third-order valence-electron chi connectivity index (χ3n) is 3.60. The van der Waals surface area contributed by atoms with Gasteiger partial charge in [0, 0.05) is 19.6 Å². The topological polar surface area (TPSA) is 49.4 Å². The third-order valence-corrected chi connectivity index (χ3v) is 5.18. The number of nitrogens with zero attached hydrogens (tertiary/aromatic N) is 1. The molecule has 0 aliphatic carbocycles. The van der Waals surface area contributed by atoms with E-state index in [-0.39, 0.29) is 12.4 Å². The van der Waals surface area contributed by atoms with Crippen molar-refractivity contribution in [2.24, 2.45) is 5.92 Å². The van der Waals surface area contributed by atoms with Crippen LogP contribution in [0.3, 0.4) is 0 Å². The SMILES string of the molecule is C[C@H]1CCCN(S(=O)(=O)NCCc2ccccc2F)C1. The van der Waals surface area contributed by atoms with Crippen LogP contribution in [0.15, 0.2) is 24.3 Å². The van der Waals surface area contributed by atoms with Crippen LogP contribution in [0.1, 0.15) is 25.3 Å². The highest BCUT2D eigenvalue weighted by Crippen LogP contribution is 2.17. The zero-order valence-corrected chi connectivity index (χ0v) is 12.5. The maximum Gasteiger partial charge on any atom is 0.279 e. The fourth-order valence-electron chi connectivity index (χ4n) is 2.47. The minimum atomic E-state index is -3.44. The third kappa shape index (κ3) is 4.01. The molecule has 0 unspecified atom stereocenters. The van der Waals surface area contributed by atoms with Gasteiger partial charge in [0.2, 0.25) is 0 Å². The van der Waals surface area contributed by atoms with Crippen LogP contribution >= 0.6 is 0 Å². The average Bonchev–Trinajstić information content (AvgIpc) is 2.41. The first-order chi connectivity index (χ1) is 9.49. The number of benzene rings is 1. The van der Waals surface area contributed by atoms with Crippen molar-refractivity contribution in [3.63, 3.8) is 0 Å². The van der Waals surface area contributed by atoms with Crippen molar-refractivity contribution in [2.45, 2.75) is 26.2 Å². The zero-order valence-electron chi connectivity index (χ0n) is 11.7. The van der Waals surface area contributed by atoms with Crippen molar-refractivity contribution in [3.8, 4) is 0 Å². The van der Waals surface area contributed by atoms with Crippen molar-refractivity contribution in [3.05, 3.63) is 35.6 Å². The van der Waals surface area contributed by atoms with Crippen molar-refractivity contribution in [1.82, 2.24) is 9.03 Å². The number of piperidine rings is 1. The Morgan fingerprint density at radius 2 is 2.15 bits per heavy atom. The lowest BCUT2D eigenvalue weighted by atomic mass is 10.0. The average molecular weight is 300 g/mol. The van der Waals surface area contributed by atoms with E-state index in [9.17, 15) is 12.8 Å². The van der Waals surface area contributed by atoms with Gasteiger partial charge >= 0.3 is 0 Å². The second-order valence-electron chi connectivity index (χ2n) is 5.35. The summed E-state index contributed by atoms with van der Waals surface area (Å²) in [5, 5.41) is 0. The van der Waals surface area contributed by atoms with Crippen molar-refractivity contribution < 1.29 is 12.8 Å². The molecular weight excluding hydrogens is 279 g/mol. The molecule has 6 heteroatoms. The summed E-state index contributed by atoms with van der Waals surface area (Å²) in [6.07, 6.45) is 2.33. The van der Waals surface area contributed by atoms with E-state index in [0.29, 0.717) is 31.0 Å². The van der Waals surface area contributed by atoms with Gasteiger partial charge in [-0.2, -0.15) is 12.7 Å². The summed E-state index contributed by atoms with van der Waals surface area (Å²) in [6.45, 7) is 3.41. The minimum absolute atomic E-state index is 0.216. The first-order valence-electron chi connectivity index (χ1n) is 6.97. The predicted octanol–water partition coefficient (Wildman–Crippen LogP) is 1.93. The first kappa shape index (κ1) is 15.4. The molecule has 0 amide bonds. The summed E-state index contributed by atoms with van der Waals surface area (Å²) < 4.78 is 41.7. The van der Waals surface area contributed by atoms with Crippen LogP contribution in [-0.4, -0.2) is 32.4 Å². The van der Waals surface area contributed by atoms with Gasteiger partial charge in [0.05, 0.1) is 0 Å². The Bertz CT molecular complexity index is 548. The maximum absolute atomic E-state index is 13.4. The van der Waals surface area contributed by atoms with E-state index in [1.165, 1.54) is 10.4 Å². The Balaban J connectivity index is 1.88. The van der Waals surface area contributed by atoms with Crippen molar-refractivity contribution in [1.29, 1.82) is 0 Å². The Hall–Kier alpha value is -0.980.